The van der Waals surface area contributed by atoms with Gasteiger partial charge in [0.25, 0.3) is 15.2 Å². The van der Waals surface area contributed by atoms with Crippen molar-refractivity contribution in [2.24, 2.45) is 0 Å². The van der Waals surface area contributed by atoms with Crippen LogP contribution in [-0.4, -0.2) is 37.4 Å². The van der Waals surface area contributed by atoms with Crippen LogP contribution in [0.25, 0.3) is 11.5 Å². The molecule has 35 heavy (non-hydrogen) atoms. The zero-order chi connectivity index (χ0) is 24.8. The lowest BCUT2D eigenvalue weighted by molar-refractivity contribution is -0.113. The highest BCUT2D eigenvalue weighted by atomic mass is 35.5. The maximum absolute atomic E-state index is 12.6. The Kier molecular flexibility index (Phi) is 7.59. The van der Waals surface area contributed by atoms with Gasteiger partial charge in [0.15, 0.2) is 0 Å². The number of anilines is 2. The quantitative estimate of drug-likeness (QED) is 0.292. The summed E-state index contributed by atoms with van der Waals surface area (Å²) in [7, 11) is -2.25. The highest BCUT2D eigenvalue weighted by molar-refractivity contribution is 7.99. The number of aromatic nitrogens is 2. The number of amides is 1. The lowest BCUT2D eigenvalue weighted by Crippen LogP contribution is -2.13. The van der Waals surface area contributed by atoms with Crippen LogP contribution in [0.3, 0.4) is 0 Å². The second kappa shape index (κ2) is 10.8. The molecule has 0 aliphatic rings. The number of ether oxygens (including phenoxy) is 1. The van der Waals surface area contributed by atoms with Crippen molar-refractivity contribution < 1.29 is 22.4 Å². The van der Waals surface area contributed by atoms with E-state index in [1.807, 2.05) is 0 Å². The number of halogens is 1. The summed E-state index contributed by atoms with van der Waals surface area (Å²) in [5.74, 6) is 0.630. The first-order valence-electron chi connectivity index (χ1n) is 10.1. The molecule has 4 rings (SSSR count). The molecule has 0 unspecified atom stereocenters. The smallest absolute Gasteiger partial charge is 0.277 e. The molecule has 180 valence electrons. The summed E-state index contributed by atoms with van der Waals surface area (Å²) in [6.07, 6.45) is 0. The van der Waals surface area contributed by atoms with Crippen LogP contribution in [0, 0.1) is 0 Å². The van der Waals surface area contributed by atoms with E-state index in [2.05, 4.69) is 20.2 Å². The summed E-state index contributed by atoms with van der Waals surface area (Å²) in [6.45, 7) is 0. The monoisotopic (exact) mass is 530 g/mol. The molecule has 12 heteroatoms. The Morgan fingerprint density at radius 2 is 1.77 bits per heavy atom. The van der Waals surface area contributed by atoms with Gasteiger partial charge in [-0.15, -0.1) is 10.2 Å². The van der Waals surface area contributed by atoms with E-state index >= 15 is 0 Å². The van der Waals surface area contributed by atoms with Crippen molar-refractivity contribution in [2.75, 3.05) is 22.9 Å². The topological polar surface area (TPSA) is 123 Å². The number of hydrogen-bond acceptors (Lipinski definition) is 8. The Morgan fingerprint density at radius 1 is 1.03 bits per heavy atom. The summed E-state index contributed by atoms with van der Waals surface area (Å²) in [5.41, 5.74) is 1.56. The van der Waals surface area contributed by atoms with E-state index < -0.39 is 10.0 Å². The van der Waals surface area contributed by atoms with Gasteiger partial charge in [0.05, 0.1) is 17.8 Å². The second-order valence-corrected chi connectivity index (χ2v) is 10.1. The van der Waals surface area contributed by atoms with Crippen molar-refractivity contribution in [1.82, 2.24) is 10.2 Å². The fourth-order valence-corrected chi connectivity index (χ4v) is 4.74. The molecule has 1 heterocycles. The summed E-state index contributed by atoms with van der Waals surface area (Å²) >= 11 is 7.01. The molecule has 0 fully saturated rings. The number of thioether (sulfide) groups is 1. The van der Waals surface area contributed by atoms with Crippen molar-refractivity contribution in [3.05, 3.63) is 77.8 Å². The zero-order valence-electron chi connectivity index (χ0n) is 18.3. The van der Waals surface area contributed by atoms with E-state index in [1.165, 1.54) is 19.2 Å². The molecular formula is C23H19ClN4O5S2. The van der Waals surface area contributed by atoms with Gasteiger partial charge in [-0.05, 0) is 66.7 Å². The molecule has 1 aromatic heterocycles. The van der Waals surface area contributed by atoms with E-state index in [4.69, 9.17) is 20.8 Å². The number of nitrogens with one attached hydrogen (secondary N) is 2. The lowest BCUT2D eigenvalue weighted by atomic mass is 10.2. The number of carbonyl (C=O) groups excluding carboxylic acids is 1. The van der Waals surface area contributed by atoms with Crippen molar-refractivity contribution in [2.45, 2.75) is 10.1 Å². The first-order valence-corrected chi connectivity index (χ1v) is 13.0. The average Bonchev–Trinajstić information content (AvgIpc) is 3.32. The number of rotatable bonds is 9. The van der Waals surface area contributed by atoms with Crippen LogP contribution in [0.1, 0.15) is 0 Å². The van der Waals surface area contributed by atoms with Crippen LogP contribution >= 0.6 is 23.4 Å². The zero-order valence-corrected chi connectivity index (χ0v) is 20.7. The minimum absolute atomic E-state index is 0.0697. The predicted octanol–water partition coefficient (Wildman–Crippen LogP) is 4.93. The summed E-state index contributed by atoms with van der Waals surface area (Å²) in [6, 6.07) is 19.4. The standard InChI is InChI=1S/C23H19ClN4O5S2/c1-32-19-9-11-20(12-10-19)35(30,31)28-17-7-5-15(6-8-17)22-26-27-23(33-22)34-14-21(29)25-18-4-2-3-16(24)13-18/h2-13,28H,14H2,1H3,(H,25,29). The van der Waals surface area contributed by atoms with E-state index in [9.17, 15) is 13.2 Å². The molecule has 2 N–H and O–H groups in total. The molecule has 0 saturated carbocycles. The van der Waals surface area contributed by atoms with Gasteiger partial charge in [-0.25, -0.2) is 8.42 Å². The first kappa shape index (κ1) is 24.6. The van der Waals surface area contributed by atoms with E-state index in [-0.39, 0.29) is 27.7 Å². The molecule has 0 saturated heterocycles. The minimum atomic E-state index is -3.76. The Balaban J connectivity index is 1.35. The number of methoxy groups -OCH3 is 1. The number of sulfonamides is 1. The molecule has 0 radical (unpaired) electrons. The molecule has 0 spiro atoms. The van der Waals surface area contributed by atoms with Crippen LogP contribution in [0.2, 0.25) is 5.02 Å². The van der Waals surface area contributed by atoms with Crippen molar-refractivity contribution in [1.29, 1.82) is 0 Å². The minimum Gasteiger partial charge on any atom is -0.497 e. The molecule has 0 bridgehead atoms. The maximum Gasteiger partial charge on any atom is 0.277 e. The molecule has 0 atom stereocenters. The van der Waals surface area contributed by atoms with Gasteiger partial charge in [0.2, 0.25) is 11.8 Å². The fraction of sp³-hybridized carbons (Fsp3) is 0.0870. The molecule has 3 aromatic carbocycles. The van der Waals surface area contributed by atoms with Gasteiger partial charge < -0.3 is 14.5 Å². The van der Waals surface area contributed by atoms with E-state index in [0.717, 1.165) is 11.8 Å². The second-order valence-electron chi connectivity index (χ2n) is 7.08. The Hall–Kier alpha value is -3.54. The number of nitrogens with zero attached hydrogens (tertiary/aromatic N) is 2. The highest BCUT2D eigenvalue weighted by Gasteiger charge is 2.15. The van der Waals surface area contributed by atoms with Gasteiger partial charge in [-0.1, -0.05) is 29.4 Å². The maximum atomic E-state index is 12.6. The van der Waals surface area contributed by atoms with Gasteiger partial charge in [0, 0.05) is 22.0 Å². The van der Waals surface area contributed by atoms with Crippen molar-refractivity contribution >= 4 is 50.7 Å². The Morgan fingerprint density at radius 3 is 2.46 bits per heavy atom. The normalized spacial score (nSPS) is 11.1. The molecular weight excluding hydrogens is 512 g/mol. The third kappa shape index (κ3) is 6.53. The van der Waals surface area contributed by atoms with Gasteiger partial charge in [-0.2, -0.15) is 0 Å². The average molecular weight is 531 g/mol. The fourth-order valence-electron chi connectivity index (χ4n) is 2.93. The van der Waals surface area contributed by atoms with Crippen LogP contribution < -0.4 is 14.8 Å². The molecule has 0 aliphatic heterocycles. The Labute approximate surface area is 210 Å². The van der Waals surface area contributed by atoms with E-state index in [1.54, 1.807) is 60.7 Å². The highest BCUT2D eigenvalue weighted by Crippen LogP contribution is 2.26. The molecule has 9 nitrogen and oxygen atoms in total. The Bertz CT molecular complexity index is 1430. The van der Waals surface area contributed by atoms with Crippen LogP contribution in [0.4, 0.5) is 11.4 Å². The largest absolute Gasteiger partial charge is 0.497 e. The number of benzene rings is 3. The first-order chi connectivity index (χ1) is 16.8. The van der Waals surface area contributed by atoms with Gasteiger partial charge in [-0.3, -0.25) is 9.52 Å². The SMILES string of the molecule is COc1ccc(S(=O)(=O)Nc2ccc(-c3nnc(SCC(=O)Nc4cccc(Cl)c4)o3)cc2)cc1. The molecule has 0 aliphatic carbocycles. The molecule has 4 aromatic rings. The van der Waals surface area contributed by atoms with Crippen LogP contribution in [-0.2, 0) is 14.8 Å². The van der Waals surface area contributed by atoms with Gasteiger partial charge in [0.1, 0.15) is 5.75 Å². The summed E-state index contributed by atoms with van der Waals surface area (Å²) < 4.78 is 38.3. The summed E-state index contributed by atoms with van der Waals surface area (Å²) in [4.78, 5) is 12.2. The third-order valence-electron chi connectivity index (χ3n) is 4.60. The van der Waals surface area contributed by atoms with Crippen LogP contribution in [0.5, 0.6) is 5.75 Å². The number of hydrogen-bond donors (Lipinski definition) is 2. The number of carbonyl (C=O) groups is 1. The predicted molar refractivity (Wildman–Crippen MR) is 134 cm³/mol. The van der Waals surface area contributed by atoms with Crippen molar-refractivity contribution in [3.63, 3.8) is 0 Å². The van der Waals surface area contributed by atoms with E-state index in [0.29, 0.717) is 27.7 Å². The summed E-state index contributed by atoms with van der Waals surface area (Å²) in [5, 5.41) is 11.4. The van der Waals surface area contributed by atoms with Crippen molar-refractivity contribution in [3.8, 4) is 17.2 Å². The molecule has 1 amide bonds. The third-order valence-corrected chi connectivity index (χ3v) is 7.05. The van der Waals surface area contributed by atoms with Gasteiger partial charge >= 0.3 is 0 Å². The lowest BCUT2D eigenvalue weighted by Gasteiger charge is -2.09. The van der Waals surface area contributed by atoms with Crippen LogP contribution in [0.15, 0.2) is 87.3 Å².